The molecule has 0 heterocycles. The molecule has 1 rings (SSSR count). The van der Waals surface area contributed by atoms with Gasteiger partial charge in [-0.2, -0.15) is 0 Å². The number of rotatable bonds is 7. The molecular formula is C14H16O7. The third-order valence-corrected chi connectivity index (χ3v) is 2.43. The van der Waals surface area contributed by atoms with Crippen LogP contribution >= 0.6 is 0 Å². The first-order chi connectivity index (χ1) is 9.90. The van der Waals surface area contributed by atoms with E-state index in [0.29, 0.717) is 0 Å². The monoisotopic (exact) mass is 296 g/mol. The third kappa shape index (κ3) is 4.13. The summed E-state index contributed by atoms with van der Waals surface area (Å²) < 4.78 is 10.4. The SMILES string of the molecule is CCOc1cc(C=C(C(=O)O)C(=O)O)cc(OCC)c1O. The molecule has 7 nitrogen and oxygen atoms in total. The van der Waals surface area contributed by atoms with Gasteiger partial charge >= 0.3 is 11.9 Å². The second kappa shape index (κ2) is 7.18. The van der Waals surface area contributed by atoms with Crippen molar-refractivity contribution in [2.24, 2.45) is 0 Å². The van der Waals surface area contributed by atoms with Gasteiger partial charge in [0.2, 0.25) is 5.75 Å². The van der Waals surface area contributed by atoms with Crippen molar-refractivity contribution >= 4 is 18.0 Å². The fourth-order valence-corrected chi connectivity index (χ4v) is 1.60. The Labute approximate surface area is 121 Å². The Morgan fingerprint density at radius 3 is 1.81 bits per heavy atom. The minimum absolute atomic E-state index is 0.0878. The van der Waals surface area contributed by atoms with Crippen molar-refractivity contribution < 1.29 is 34.4 Å². The second-order valence-corrected chi connectivity index (χ2v) is 3.90. The lowest BCUT2D eigenvalue weighted by molar-refractivity contribution is -0.140. The molecule has 0 radical (unpaired) electrons. The fraction of sp³-hybridized carbons (Fsp3) is 0.286. The average Bonchev–Trinajstić information content (AvgIpc) is 2.40. The molecule has 0 aliphatic heterocycles. The zero-order chi connectivity index (χ0) is 16.0. The van der Waals surface area contributed by atoms with E-state index in [9.17, 15) is 14.7 Å². The van der Waals surface area contributed by atoms with E-state index in [1.54, 1.807) is 13.8 Å². The summed E-state index contributed by atoms with van der Waals surface area (Å²) in [4.78, 5) is 21.7. The lowest BCUT2D eigenvalue weighted by Gasteiger charge is -2.12. The zero-order valence-electron chi connectivity index (χ0n) is 11.6. The molecule has 0 atom stereocenters. The van der Waals surface area contributed by atoms with E-state index in [-0.39, 0.29) is 36.0 Å². The van der Waals surface area contributed by atoms with Crippen molar-refractivity contribution in [1.82, 2.24) is 0 Å². The second-order valence-electron chi connectivity index (χ2n) is 3.90. The zero-order valence-corrected chi connectivity index (χ0v) is 11.6. The van der Waals surface area contributed by atoms with Crippen molar-refractivity contribution in [1.29, 1.82) is 0 Å². The maximum absolute atomic E-state index is 10.9. The number of hydrogen-bond donors (Lipinski definition) is 3. The number of carboxylic acids is 2. The molecule has 114 valence electrons. The Hall–Kier alpha value is -2.70. The van der Waals surface area contributed by atoms with Crippen LogP contribution in [0.3, 0.4) is 0 Å². The quantitative estimate of drug-likeness (QED) is 0.399. The number of carboxylic acid groups (broad SMARTS) is 2. The van der Waals surface area contributed by atoms with Crippen LogP contribution < -0.4 is 9.47 Å². The van der Waals surface area contributed by atoms with Gasteiger partial charge in [0.1, 0.15) is 5.57 Å². The lowest BCUT2D eigenvalue weighted by Crippen LogP contribution is -2.10. The number of ether oxygens (including phenoxy) is 2. The first kappa shape index (κ1) is 16.4. The van der Waals surface area contributed by atoms with Gasteiger partial charge in [-0.1, -0.05) is 0 Å². The summed E-state index contributed by atoms with van der Waals surface area (Å²) in [6.45, 7) is 3.97. The van der Waals surface area contributed by atoms with Gasteiger partial charge in [-0.15, -0.1) is 0 Å². The minimum atomic E-state index is -1.56. The predicted octanol–water partition coefficient (Wildman–Crippen LogP) is 1.74. The summed E-state index contributed by atoms with van der Waals surface area (Å²) in [6.07, 6.45) is 0.967. The van der Waals surface area contributed by atoms with E-state index in [4.69, 9.17) is 19.7 Å². The maximum atomic E-state index is 10.9. The van der Waals surface area contributed by atoms with Gasteiger partial charge in [0, 0.05) is 0 Å². The summed E-state index contributed by atoms with van der Waals surface area (Å²) in [7, 11) is 0. The number of aromatic hydroxyl groups is 1. The van der Waals surface area contributed by atoms with Gasteiger partial charge in [0.15, 0.2) is 11.5 Å². The van der Waals surface area contributed by atoms with Crippen LogP contribution in [-0.2, 0) is 9.59 Å². The van der Waals surface area contributed by atoms with E-state index in [2.05, 4.69) is 0 Å². The average molecular weight is 296 g/mol. The normalized spacial score (nSPS) is 9.81. The maximum Gasteiger partial charge on any atom is 0.343 e. The van der Waals surface area contributed by atoms with E-state index < -0.39 is 17.5 Å². The molecule has 0 saturated heterocycles. The minimum Gasteiger partial charge on any atom is -0.502 e. The van der Waals surface area contributed by atoms with Crippen LogP contribution in [0.2, 0.25) is 0 Å². The van der Waals surface area contributed by atoms with Crippen molar-refractivity contribution in [2.45, 2.75) is 13.8 Å². The molecule has 0 unspecified atom stereocenters. The van der Waals surface area contributed by atoms with Crippen molar-refractivity contribution in [2.75, 3.05) is 13.2 Å². The topological polar surface area (TPSA) is 113 Å². The number of phenolic OH excluding ortho intramolecular Hbond substituents is 1. The highest BCUT2D eigenvalue weighted by Gasteiger charge is 2.18. The molecule has 0 aromatic heterocycles. The van der Waals surface area contributed by atoms with E-state index >= 15 is 0 Å². The molecule has 0 spiro atoms. The number of carbonyl (C=O) groups is 2. The Bertz CT molecular complexity index is 532. The van der Waals surface area contributed by atoms with Crippen LogP contribution in [0.5, 0.6) is 17.2 Å². The van der Waals surface area contributed by atoms with Gasteiger partial charge in [-0.25, -0.2) is 9.59 Å². The molecule has 0 aliphatic rings. The van der Waals surface area contributed by atoms with Gasteiger partial charge in [0.25, 0.3) is 0 Å². The molecule has 1 aromatic carbocycles. The number of hydrogen-bond acceptors (Lipinski definition) is 5. The predicted molar refractivity (Wildman–Crippen MR) is 73.7 cm³/mol. The highest BCUT2D eigenvalue weighted by molar-refractivity contribution is 6.16. The number of benzene rings is 1. The van der Waals surface area contributed by atoms with Gasteiger partial charge in [0.05, 0.1) is 13.2 Å². The lowest BCUT2D eigenvalue weighted by atomic mass is 10.1. The third-order valence-electron chi connectivity index (χ3n) is 2.43. The summed E-state index contributed by atoms with van der Waals surface area (Å²) in [5.41, 5.74) is -0.565. The summed E-state index contributed by atoms with van der Waals surface area (Å²) >= 11 is 0. The summed E-state index contributed by atoms with van der Waals surface area (Å²) in [6, 6.07) is 2.68. The molecule has 21 heavy (non-hydrogen) atoms. The molecule has 7 heteroatoms. The van der Waals surface area contributed by atoms with Gasteiger partial charge in [-0.3, -0.25) is 0 Å². The molecule has 3 N–H and O–H groups in total. The van der Waals surface area contributed by atoms with Crippen molar-refractivity contribution in [3.63, 3.8) is 0 Å². The smallest absolute Gasteiger partial charge is 0.343 e. The largest absolute Gasteiger partial charge is 0.502 e. The van der Waals surface area contributed by atoms with Crippen molar-refractivity contribution in [3.05, 3.63) is 23.3 Å². The van der Waals surface area contributed by atoms with Crippen LogP contribution in [0.15, 0.2) is 17.7 Å². The van der Waals surface area contributed by atoms with Crippen LogP contribution in [0.1, 0.15) is 19.4 Å². The molecule has 0 aliphatic carbocycles. The van der Waals surface area contributed by atoms with Crippen LogP contribution in [-0.4, -0.2) is 40.5 Å². The van der Waals surface area contributed by atoms with Crippen molar-refractivity contribution in [3.8, 4) is 17.2 Å². The standard InChI is InChI=1S/C14H16O7/c1-3-20-10-6-8(5-9(13(16)17)14(18)19)7-11(12(10)15)21-4-2/h5-7,15H,3-4H2,1-2H3,(H,16,17)(H,18,19). The van der Waals surface area contributed by atoms with Gasteiger partial charge in [-0.05, 0) is 37.6 Å². The molecule has 0 amide bonds. The summed E-state index contributed by atoms with van der Waals surface area (Å²) in [5, 5.41) is 27.6. The highest BCUT2D eigenvalue weighted by atomic mass is 16.5. The Morgan fingerprint density at radius 2 is 1.48 bits per heavy atom. The Balaban J connectivity index is 3.38. The Morgan fingerprint density at radius 1 is 1.05 bits per heavy atom. The molecular weight excluding hydrogens is 280 g/mol. The molecule has 0 bridgehead atoms. The first-order valence-corrected chi connectivity index (χ1v) is 6.21. The van der Waals surface area contributed by atoms with E-state index in [0.717, 1.165) is 6.08 Å². The molecule has 1 aromatic rings. The number of phenols is 1. The van der Waals surface area contributed by atoms with E-state index in [1.807, 2.05) is 0 Å². The Kier molecular flexibility index (Phi) is 5.59. The first-order valence-electron chi connectivity index (χ1n) is 6.21. The fourth-order valence-electron chi connectivity index (χ4n) is 1.60. The van der Waals surface area contributed by atoms with Crippen LogP contribution in [0.25, 0.3) is 6.08 Å². The summed E-state index contributed by atoms with van der Waals surface area (Å²) in [5.74, 6) is -3.17. The molecule has 0 fully saturated rings. The van der Waals surface area contributed by atoms with E-state index in [1.165, 1.54) is 12.1 Å². The van der Waals surface area contributed by atoms with Gasteiger partial charge < -0.3 is 24.8 Å². The highest BCUT2D eigenvalue weighted by Crippen LogP contribution is 2.38. The number of aliphatic carboxylic acids is 2. The molecule has 0 saturated carbocycles. The van der Waals surface area contributed by atoms with Crippen LogP contribution in [0, 0.1) is 0 Å². The van der Waals surface area contributed by atoms with Crippen LogP contribution in [0.4, 0.5) is 0 Å².